The number of likely N-dealkylation sites (tertiary alicyclic amines) is 1. The van der Waals surface area contributed by atoms with Crippen LogP contribution in [0.15, 0.2) is 24.5 Å². The molecule has 2 heterocycles. The molecule has 138 valence electrons. The van der Waals surface area contributed by atoms with Crippen molar-refractivity contribution in [2.24, 2.45) is 11.7 Å². The zero-order valence-corrected chi connectivity index (χ0v) is 15.5. The Morgan fingerprint density at radius 2 is 2.20 bits per heavy atom. The number of hydrogen-bond acceptors (Lipinski definition) is 4. The van der Waals surface area contributed by atoms with Gasteiger partial charge in [-0.1, -0.05) is 26.8 Å². The Morgan fingerprint density at radius 1 is 1.44 bits per heavy atom. The Morgan fingerprint density at radius 3 is 2.76 bits per heavy atom. The third-order valence-electron chi connectivity index (χ3n) is 5.45. The van der Waals surface area contributed by atoms with Crippen LogP contribution in [0.2, 0.25) is 0 Å². The molecule has 0 aromatic carbocycles. The van der Waals surface area contributed by atoms with Crippen molar-refractivity contribution < 1.29 is 18.8 Å². The van der Waals surface area contributed by atoms with E-state index in [1.54, 1.807) is 6.20 Å². The first-order valence-electron chi connectivity index (χ1n) is 9.20. The Balaban J connectivity index is 2.42. The largest absolute Gasteiger partial charge is 0.412 e. The second-order valence-corrected chi connectivity index (χ2v) is 7.23. The number of aromatic nitrogens is 1. The fraction of sp³-hybridized carbons (Fsp3) is 0.632. The lowest BCUT2D eigenvalue weighted by atomic mass is 9.91. The summed E-state index contributed by atoms with van der Waals surface area (Å²) in [7, 11) is 0. The lowest BCUT2D eigenvalue weighted by Gasteiger charge is -2.41. The molecule has 2 N–H and O–H groups in total. The number of carbonyl (C=O) groups excluding carboxylic acids is 2. The predicted octanol–water partition coefficient (Wildman–Crippen LogP) is 2.83. The molecule has 0 saturated carbocycles. The third kappa shape index (κ3) is 4.37. The number of esters is 1. The van der Waals surface area contributed by atoms with Crippen molar-refractivity contribution in [1.29, 1.82) is 0 Å². The van der Waals surface area contributed by atoms with Crippen LogP contribution in [0.25, 0.3) is 0 Å². The van der Waals surface area contributed by atoms with Gasteiger partial charge in [0.1, 0.15) is 0 Å². The molecule has 1 fully saturated rings. The average Bonchev–Trinajstić information content (AvgIpc) is 2.94. The molecule has 0 bridgehead atoms. The van der Waals surface area contributed by atoms with E-state index >= 15 is 0 Å². The van der Waals surface area contributed by atoms with E-state index in [2.05, 4.69) is 25.8 Å². The summed E-state index contributed by atoms with van der Waals surface area (Å²) in [5, 5.41) is 0. The van der Waals surface area contributed by atoms with Crippen molar-refractivity contribution in [3.8, 4) is 0 Å². The quantitative estimate of drug-likeness (QED) is 0.467. The number of nitrogens with zero attached hydrogens (tertiary/aromatic N) is 2. The molecule has 1 aliphatic rings. The summed E-state index contributed by atoms with van der Waals surface area (Å²) in [6.07, 6.45) is 5.41. The lowest BCUT2D eigenvalue weighted by molar-refractivity contribution is -0.935. The fourth-order valence-electron chi connectivity index (χ4n) is 4.31. The standard InChI is InChI=1S/C19H29N3O3/c1-4-10-22(13-14(3)5-2)11-8-16(15-7-6-9-21-12-15)17(22)18(23)25-19(20)24/h6-7,9,12,14,16-17H,4-5,8,10-11,13H2,1-3H3,(H-,20,24)/p+1/t14?,16?,17-,22?/m0/s1. The van der Waals surface area contributed by atoms with Crippen LogP contribution in [0.1, 0.15) is 51.5 Å². The average molecular weight is 348 g/mol. The Kier molecular flexibility index (Phi) is 6.53. The van der Waals surface area contributed by atoms with Crippen molar-refractivity contribution in [1.82, 2.24) is 4.98 Å². The van der Waals surface area contributed by atoms with Gasteiger partial charge in [-0.05, 0) is 24.5 Å². The minimum atomic E-state index is -1.03. The van der Waals surface area contributed by atoms with Crippen LogP contribution in [-0.4, -0.2) is 47.2 Å². The van der Waals surface area contributed by atoms with Crippen LogP contribution in [0.3, 0.4) is 0 Å². The van der Waals surface area contributed by atoms with Crippen molar-refractivity contribution in [2.45, 2.75) is 52.0 Å². The third-order valence-corrected chi connectivity index (χ3v) is 5.45. The smallest absolute Gasteiger partial charge is 0.372 e. The topological polar surface area (TPSA) is 82.3 Å². The van der Waals surface area contributed by atoms with E-state index < -0.39 is 18.1 Å². The highest BCUT2D eigenvalue weighted by molar-refractivity contribution is 5.87. The van der Waals surface area contributed by atoms with Crippen molar-refractivity contribution >= 4 is 12.1 Å². The Labute approximate surface area is 150 Å². The summed E-state index contributed by atoms with van der Waals surface area (Å²) in [5.74, 6) is -0.0187. The second-order valence-electron chi connectivity index (χ2n) is 7.23. The minimum absolute atomic E-state index is 0.00356. The monoisotopic (exact) mass is 348 g/mol. The molecule has 1 aliphatic heterocycles. The number of quaternary nitrogens is 1. The zero-order valence-electron chi connectivity index (χ0n) is 15.5. The van der Waals surface area contributed by atoms with Crippen LogP contribution in [0.5, 0.6) is 0 Å². The summed E-state index contributed by atoms with van der Waals surface area (Å²) >= 11 is 0. The van der Waals surface area contributed by atoms with E-state index in [9.17, 15) is 9.59 Å². The molecule has 1 saturated heterocycles. The van der Waals surface area contributed by atoms with E-state index in [0.29, 0.717) is 10.4 Å². The number of carbonyl (C=O) groups is 2. The van der Waals surface area contributed by atoms with Gasteiger partial charge in [0, 0.05) is 24.7 Å². The van der Waals surface area contributed by atoms with Crippen molar-refractivity contribution in [3.05, 3.63) is 30.1 Å². The first-order chi connectivity index (χ1) is 11.9. The molecule has 4 atom stereocenters. The van der Waals surface area contributed by atoms with E-state index in [1.165, 1.54) is 0 Å². The molecule has 3 unspecified atom stereocenters. The molecule has 1 aromatic heterocycles. The summed E-state index contributed by atoms with van der Waals surface area (Å²) in [5.41, 5.74) is 6.16. The summed E-state index contributed by atoms with van der Waals surface area (Å²) in [6.45, 7) is 9.20. The zero-order chi connectivity index (χ0) is 18.4. The van der Waals surface area contributed by atoms with E-state index in [0.717, 1.165) is 44.5 Å². The molecule has 2 rings (SSSR count). The molecule has 1 aromatic rings. The van der Waals surface area contributed by atoms with Gasteiger partial charge in [0.15, 0.2) is 6.04 Å². The molecule has 0 radical (unpaired) electrons. The number of primary amides is 1. The van der Waals surface area contributed by atoms with Crippen LogP contribution in [0.4, 0.5) is 4.79 Å². The Hall–Kier alpha value is -1.95. The first kappa shape index (κ1) is 19.4. The SMILES string of the molecule is CCC[N+]1(CC(C)CC)CCC(c2cccnc2)[C@H]1C(=O)OC(N)=O. The highest BCUT2D eigenvalue weighted by Gasteiger charge is 2.54. The molecule has 25 heavy (non-hydrogen) atoms. The fourth-order valence-corrected chi connectivity index (χ4v) is 4.31. The molecule has 0 aliphatic carbocycles. The minimum Gasteiger partial charge on any atom is -0.372 e. The van der Waals surface area contributed by atoms with Crippen molar-refractivity contribution in [3.63, 3.8) is 0 Å². The van der Waals surface area contributed by atoms with Crippen molar-refractivity contribution in [2.75, 3.05) is 19.6 Å². The molecular formula is C19H30N3O3+. The molecule has 6 heteroatoms. The van der Waals surface area contributed by atoms with Gasteiger partial charge in [0.25, 0.3) is 0 Å². The van der Waals surface area contributed by atoms with E-state index in [-0.39, 0.29) is 5.92 Å². The Bertz CT molecular complexity index is 593. The number of rotatable bonds is 7. The highest BCUT2D eigenvalue weighted by Crippen LogP contribution is 2.40. The summed E-state index contributed by atoms with van der Waals surface area (Å²) in [4.78, 5) is 28.3. The van der Waals surface area contributed by atoms with Gasteiger partial charge in [0.05, 0.1) is 25.6 Å². The van der Waals surface area contributed by atoms with Gasteiger partial charge in [0.2, 0.25) is 0 Å². The predicted molar refractivity (Wildman–Crippen MR) is 95.7 cm³/mol. The molecule has 1 amide bonds. The maximum absolute atomic E-state index is 12.8. The van der Waals surface area contributed by atoms with Gasteiger partial charge >= 0.3 is 12.1 Å². The second kappa shape index (κ2) is 8.43. The summed E-state index contributed by atoms with van der Waals surface area (Å²) in [6, 6.07) is 3.47. The maximum atomic E-state index is 12.8. The first-order valence-corrected chi connectivity index (χ1v) is 9.20. The molecular weight excluding hydrogens is 318 g/mol. The summed E-state index contributed by atoms with van der Waals surface area (Å²) < 4.78 is 5.53. The number of nitrogens with two attached hydrogens (primary N) is 1. The number of ether oxygens (including phenoxy) is 1. The van der Waals surface area contributed by atoms with Gasteiger partial charge in [-0.3, -0.25) is 4.98 Å². The van der Waals surface area contributed by atoms with Crippen LogP contribution < -0.4 is 5.73 Å². The van der Waals surface area contributed by atoms with Gasteiger partial charge in [-0.25, -0.2) is 9.59 Å². The van der Waals surface area contributed by atoms with Crippen LogP contribution >= 0.6 is 0 Å². The van der Waals surface area contributed by atoms with E-state index in [1.807, 2.05) is 18.3 Å². The number of amides is 1. The molecule has 6 nitrogen and oxygen atoms in total. The molecule has 0 spiro atoms. The highest BCUT2D eigenvalue weighted by atomic mass is 16.6. The normalized spacial score (nSPS) is 27.0. The van der Waals surface area contributed by atoms with Gasteiger partial charge in [-0.2, -0.15) is 0 Å². The lowest BCUT2D eigenvalue weighted by Crippen LogP contribution is -2.59. The number of hydrogen-bond donors (Lipinski definition) is 1. The van der Waals surface area contributed by atoms with Gasteiger partial charge in [-0.15, -0.1) is 0 Å². The van der Waals surface area contributed by atoms with Crippen LogP contribution in [-0.2, 0) is 9.53 Å². The van der Waals surface area contributed by atoms with Gasteiger partial charge < -0.3 is 15.0 Å². The van der Waals surface area contributed by atoms with Crippen LogP contribution in [0, 0.1) is 5.92 Å². The number of pyridine rings is 1. The maximum Gasteiger partial charge on any atom is 0.412 e. The van der Waals surface area contributed by atoms with E-state index in [4.69, 9.17) is 10.5 Å².